The molecular weight excluding hydrogens is 379 g/mol. The molecule has 2 aromatic carbocycles. The molecule has 5 nitrogen and oxygen atoms in total. The Kier molecular flexibility index (Phi) is 8.72. The quantitative estimate of drug-likeness (QED) is 0.254. The van der Waals surface area contributed by atoms with Crippen molar-refractivity contribution in [1.82, 2.24) is 15.6 Å². The minimum Gasteiger partial charge on any atom is -0.381 e. The molecule has 0 aliphatic carbocycles. The van der Waals surface area contributed by atoms with Gasteiger partial charge in [0.2, 0.25) is 0 Å². The van der Waals surface area contributed by atoms with E-state index in [1.165, 1.54) is 11.6 Å². The number of fused-ring (bicyclic) bond motifs is 1. The topological polar surface area (TPSA) is 61.4 Å². The van der Waals surface area contributed by atoms with Crippen molar-refractivity contribution in [3.8, 4) is 0 Å². The normalized spacial score (nSPS) is 11.7. The third-order valence-corrected chi connectivity index (χ3v) is 5.03. The fraction of sp³-hybridized carbons (Fsp3) is 0.375. The van der Waals surface area contributed by atoms with Crippen LogP contribution in [0.2, 0.25) is 0 Å². The number of nitrogens with one attached hydrogen (secondary N) is 3. The summed E-state index contributed by atoms with van der Waals surface area (Å²) >= 11 is 0. The van der Waals surface area contributed by atoms with Crippen molar-refractivity contribution >= 4 is 16.9 Å². The van der Waals surface area contributed by atoms with Gasteiger partial charge in [0.05, 0.1) is 6.61 Å². The SMILES string of the molecule is CN=C(NCCCCOCCc1ccccc1)NCCc1c[nH]c2ccc(F)cc12. The van der Waals surface area contributed by atoms with Crippen molar-refractivity contribution in [2.75, 3.05) is 33.4 Å². The van der Waals surface area contributed by atoms with E-state index in [2.05, 4.69) is 44.9 Å². The number of H-pyrrole nitrogens is 1. The van der Waals surface area contributed by atoms with Crippen molar-refractivity contribution in [3.63, 3.8) is 0 Å². The molecule has 3 aromatic rings. The molecule has 0 radical (unpaired) electrons. The number of ether oxygens (including phenoxy) is 1. The van der Waals surface area contributed by atoms with E-state index in [-0.39, 0.29) is 5.82 Å². The minimum atomic E-state index is -0.210. The van der Waals surface area contributed by atoms with Crippen LogP contribution in [-0.2, 0) is 17.6 Å². The zero-order chi connectivity index (χ0) is 21.0. The molecule has 0 fully saturated rings. The molecule has 30 heavy (non-hydrogen) atoms. The summed E-state index contributed by atoms with van der Waals surface area (Å²) in [6.45, 7) is 3.11. The fourth-order valence-corrected chi connectivity index (χ4v) is 3.37. The first-order valence-electron chi connectivity index (χ1n) is 10.6. The summed E-state index contributed by atoms with van der Waals surface area (Å²) in [4.78, 5) is 7.45. The second kappa shape index (κ2) is 12.0. The fourth-order valence-electron chi connectivity index (χ4n) is 3.37. The Morgan fingerprint density at radius 1 is 1.00 bits per heavy atom. The lowest BCUT2D eigenvalue weighted by Gasteiger charge is -2.12. The molecule has 0 unspecified atom stereocenters. The van der Waals surface area contributed by atoms with Gasteiger partial charge >= 0.3 is 0 Å². The summed E-state index contributed by atoms with van der Waals surface area (Å²) in [7, 11) is 1.77. The van der Waals surface area contributed by atoms with Gasteiger partial charge in [0.1, 0.15) is 5.82 Å². The van der Waals surface area contributed by atoms with E-state index in [1.54, 1.807) is 19.2 Å². The number of hydrogen-bond donors (Lipinski definition) is 3. The predicted octanol–water partition coefficient (Wildman–Crippen LogP) is 4.05. The average molecular weight is 411 g/mol. The summed E-state index contributed by atoms with van der Waals surface area (Å²) in [5.74, 6) is 0.573. The number of hydrogen-bond acceptors (Lipinski definition) is 2. The van der Waals surface area contributed by atoms with E-state index < -0.39 is 0 Å². The number of aliphatic imine (C=N–C) groups is 1. The van der Waals surface area contributed by atoms with Crippen LogP contribution in [0.25, 0.3) is 10.9 Å². The summed E-state index contributed by atoms with van der Waals surface area (Å²) < 4.78 is 19.2. The second-order valence-corrected chi connectivity index (χ2v) is 7.23. The molecule has 0 saturated heterocycles. The van der Waals surface area contributed by atoms with Crippen molar-refractivity contribution in [3.05, 3.63) is 71.7 Å². The highest BCUT2D eigenvalue weighted by molar-refractivity contribution is 5.83. The molecule has 1 aromatic heterocycles. The zero-order valence-electron chi connectivity index (χ0n) is 17.6. The van der Waals surface area contributed by atoms with Crippen LogP contribution >= 0.6 is 0 Å². The van der Waals surface area contributed by atoms with Gasteiger partial charge in [0.15, 0.2) is 5.96 Å². The maximum atomic E-state index is 13.5. The minimum absolute atomic E-state index is 0.210. The van der Waals surface area contributed by atoms with Gasteiger partial charge in [-0.25, -0.2) is 4.39 Å². The second-order valence-electron chi connectivity index (χ2n) is 7.23. The van der Waals surface area contributed by atoms with E-state index in [0.29, 0.717) is 0 Å². The Hall–Kier alpha value is -2.86. The zero-order valence-corrected chi connectivity index (χ0v) is 17.6. The average Bonchev–Trinajstić information content (AvgIpc) is 3.17. The van der Waals surface area contributed by atoms with Gasteiger partial charge in [0.25, 0.3) is 0 Å². The molecule has 0 aliphatic rings. The van der Waals surface area contributed by atoms with Gasteiger partial charge in [-0.05, 0) is 55.0 Å². The smallest absolute Gasteiger partial charge is 0.190 e. The van der Waals surface area contributed by atoms with E-state index >= 15 is 0 Å². The van der Waals surface area contributed by atoms with Gasteiger partial charge < -0.3 is 20.4 Å². The lowest BCUT2D eigenvalue weighted by atomic mass is 10.1. The highest BCUT2D eigenvalue weighted by Gasteiger charge is 2.05. The van der Waals surface area contributed by atoms with Gasteiger partial charge in [-0.2, -0.15) is 0 Å². The van der Waals surface area contributed by atoms with Crippen LogP contribution in [0.5, 0.6) is 0 Å². The number of rotatable bonds is 11. The Balaban J connectivity index is 1.25. The summed E-state index contributed by atoms with van der Waals surface area (Å²) in [6, 6.07) is 15.2. The van der Waals surface area contributed by atoms with Gasteiger partial charge in [0, 0.05) is 43.8 Å². The third kappa shape index (κ3) is 6.88. The molecule has 0 saturated carbocycles. The first-order chi connectivity index (χ1) is 14.8. The number of benzene rings is 2. The molecule has 0 atom stereocenters. The van der Waals surface area contributed by atoms with Crippen LogP contribution in [-0.4, -0.2) is 44.3 Å². The Labute approximate surface area is 177 Å². The highest BCUT2D eigenvalue weighted by Crippen LogP contribution is 2.19. The van der Waals surface area contributed by atoms with E-state index in [1.807, 2.05) is 12.3 Å². The number of halogens is 1. The third-order valence-electron chi connectivity index (χ3n) is 5.03. The first-order valence-corrected chi connectivity index (χ1v) is 10.6. The lowest BCUT2D eigenvalue weighted by Crippen LogP contribution is -2.38. The molecule has 0 spiro atoms. The van der Waals surface area contributed by atoms with Crippen molar-refractivity contribution < 1.29 is 9.13 Å². The van der Waals surface area contributed by atoms with E-state index in [4.69, 9.17) is 4.74 Å². The van der Waals surface area contributed by atoms with Crippen molar-refractivity contribution in [1.29, 1.82) is 0 Å². The summed E-state index contributed by atoms with van der Waals surface area (Å²) in [6.07, 6.45) is 5.73. The van der Waals surface area contributed by atoms with Crippen LogP contribution in [0.3, 0.4) is 0 Å². The molecule has 3 rings (SSSR count). The molecule has 0 amide bonds. The van der Waals surface area contributed by atoms with Crippen LogP contribution in [0.1, 0.15) is 24.0 Å². The Morgan fingerprint density at radius 2 is 1.83 bits per heavy atom. The predicted molar refractivity (Wildman–Crippen MR) is 122 cm³/mol. The van der Waals surface area contributed by atoms with Gasteiger partial charge in [-0.15, -0.1) is 0 Å². The van der Waals surface area contributed by atoms with Crippen LogP contribution in [0.15, 0.2) is 59.7 Å². The largest absolute Gasteiger partial charge is 0.381 e. The molecule has 1 heterocycles. The van der Waals surface area contributed by atoms with Crippen LogP contribution in [0.4, 0.5) is 4.39 Å². The summed E-state index contributed by atoms with van der Waals surface area (Å²) in [5.41, 5.74) is 3.37. The number of guanidine groups is 1. The maximum Gasteiger partial charge on any atom is 0.190 e. The molecule has 6 heteroatoms. The number of nitrogens with zero attached hydrogens (tertiary/aromatic N) is 1. The monoisotopic (exact) mass is 410 g/mol. The molecule has 3 N–H and O–H groups in total. The standard InChI is InChI=1S/C24H31FN4O/c1-26-24(27-13-5-6-15-30-16-12-19-7-3-2-4-8-19)28-14-11-20-18-29-23-10-9-21(25)17-22(20)23/h2-4,7-10,17-18,29H,5-6,11-16H2,1H3,(H2,26,27,28). The Bertz CT molecular complexity index is 923. The van der Waals surface area contributed by atoms with Crippen molar-refractivity contribution in [2.45, 2.75) is 25.7 Å². The van der Waals surface area contributed by atoms with Gasteiger partial charge in [-0.3, -0.25) is 4.99 Å². The first kappa shape index (κ1) is 21.8. The number of aromatic amines is 1. The summed E-state index contributed by atoms with van der Waals surface area (Å²) in [5, 5.41) is 7.58. The highest BCUT2D eigenvalue weighted by atomic mass is 19.1. The number of unbranched alkanes of at least 4 members (excludes halogenated alkanes) is 1. The van der Waals surface area contributed by atoms with Gasteiger partial charge in [-0.1, -0.05) is 30.3 Å². The van der Waals surface area contributed by atoms with Crippen LogP contribution < -0.4 is 10.6 Å². The van der Waals surface area contributed by atoms with E-state index in [0.717, 1.165) is 74.4 Å². The van der Waals surface area contributed by atoms with Crippen LogP contribution in [0, 0.1) is 5.82 Å². The molecular formula is C24H31FN4O. The lowest BCUT2D eigenvalue weighted by molar-refractivity contribution is 0.133. The number of aromatic nitrogens is 1. The molecule has 0 aliphatic heterocycles. The maximum absolute atomic E-state index is 13.5. The van der Waals surface area contributed by atoms with Crippen molar-refractivity contribution in [2.24, 2.45) is 4.99 Å². The van der Waals surface area contributed by atoms with E-state index in [9.17, 15) is 4.39 Å². The Morgan fingerprint density at radius 3 is 2.67 bits per heavy atom. The molecule has 0 bridgehead atoms. The molecule has 160 valence electrons.